The summed E-state index contributed by atoms with van der Waals surface area (Å²) in [6.45, 7) is 2.39. The van der Waals surface area contributed by atoms with Crippen LogP contribution in [0.5, 0.6) is 0 Å². The van der Waals surface area contributed by atoms with Crippen LogP contribution in [0, 0.1) is 6.92 Å². The van der Waals surface area contributed by atoms with Crippen molar-refractivity contribution < 1.29 is 4.74 Å². The van der Waals surface area contributed by atoms with Crippen molar-refractivity contribution in [2.24, 2.45) is 0 Å². The molecule has 0 bridgehead atoms. The SMILES string of the molecule is COCc1nc(N)cc(Nc2ccc(C)cc2)n1. The summed E-state index contributed by atoms with van der Waals surface area (Å²) in [7, 11) is 1.60. The summed E-state index contributed by atoms with van der Waals surface area (Å²) >= 11 is 0. The van der Waals surface area contributed by atoms with E-state index >= 15 is 0 Å². The van der Waals surface area contributed by atoms with E-state index in [1.165, 1.54) is 5.56 Å². The summed E-state index contributed by atoms with van der Waals surface area (Å²) in [4.78, 5) is 8.39. The van der Waals surface area contributed by atoms with Crippen LogP contribution in [0.1, 0.15) is 11.4 Å². The molecule has 0 amide bonds. The van der Waals surface area contributed by atoms with Gasteiger partial charge in [-0.05, 0) is 19.1 Å². The van der Waals surface area contributed by atoms with Crippen molar-refractivity contribution in [1.82, 2.24) is 9.97 Å². The van der Waals surface area contributed by atoms with Gasteiger partial charge >= 0.3 is 0 Å². The van der Waals surface area contributed by atoms with E-state index in [1.807, 2.05) is 31.2 Å². The van der Waals surface area contributed by atoms with Crippen molar-refractivity contribution in [1.29, 1.82) is 0 Å². The second kappa shape index (κ2) is 5.46. The molecule has 0 saturated heterocycles. The van der Waals surface area contributed by atoms with Crippen LogP contribution in [0.25, 0.3) is 0 Å². The minimum Gasteiger partial charge on any atom is -0.384 e. The zero-order valence-corrected chi connectivity index (χ0v) is 10.5. The molecule has 1 heterocycles. The van der Waals surface area contributed by atoms with Crippen molar-refractivity contribution in [2.75, 3.05) is 18.2 Å². The van der Waals surface area contributed by atoms with E-state index in [9.17, 15) is 0 Å². The monoisotopic (exact) mass is 244 g/mol. The number of hydrogen-bond donors (Lipinski definition) is 2. The molecule has 0 saturated carbocycles. The highest BCUT2D eigenvalue weighted by molar-refractivity contribution is 5.58. The van der Waals surface area contributed by atoms with Crippen molar-refractivity contribution in [2.45, 2.75) is 13.5 Å². The lowest BCUT2D eigenvalue weighted by Gasteiger charge is -2.08. The summed E-state index contributed by atoms with van der Waals surface area (Å²) in [5.74, 6) is 1.65. The Morgan fingerprint density at radius 3 is 2.61 bits per heavy atom. The molecule has 0 aliphatic rings. The van der Waals surface area contributed by atoms with Crippen LogP contribution in [0.3, 0.4) is 0 Å². The first kappa shape index (κ1) is 12.3. The zero-order chi connectivity index (χ0) is 13.0. The van der Waals surface area contributed by atoms with Crippen LogP contribution in [-0.2, 0) is 11.3 Å². The average Bonchev–Trinajstić information content (AvgIpc) is 2.32. The van der Waals surface area contributed by atoms with Gasteiger partial charge in [-0.25, -0.2) is 9.97 Å². The second-order valence-corrected chi connectivity index (χ2v) is 4.02. The maximum Gasteiger partial charge on any atom is 0.158 e. The Bertz CT molecular complexity index is 525. The van der Waals surface area contributed by atoms with Gasteiger partial charge in [-0.1, -0.05) is 17.7 Å². The second-order valence-electron chi connectivity index (χ2n) is 4.02. The smallest absolute Gasteiger partial charge is 0.158 e. The number of hydrogen-bond acceptors (Lipinski definition) is 5. The molecule has 5 nitrogen and oxygen atoms in total. The van der Waals surface area contributed by atoms with Crippen LogP contribution >= 0.6 is 0 Å². The van der Waals surface area contributed by atoms with Gasteiger partial charge in [0.2, 0.25) is 0 Å². The Kier molecular flexibility index (Phi) is 3.74. The molecular weight excluding hydrogens is 228 g/mol. The molecule has 18 heavy (non-hydrogen) atoms. The van der Waals surface area contributed by atoms with Crippen molar-refractivity contribution in [3.63, 3.8) is 0 Å². The minimum absolute atomic E-state index is 0.341. The van der Waals surface area contributed by atoms with Crippen LogP contribution in [0.4, 0.5) is 17.3 Å². The Balaban J connectivity index is 2.20. The number of aryl methyl sites for hydroxylation is 1. The molecule has 0 fully saturated rings. The minimum atomic E-state index is 0.341. The van der Waals surface area contributed by atoms with Gasteiger partial charge in [-0.2, -0.15) is 0 Å². The topological polar surface area (TPSA) is 73.1 Å². The number of benzene rings is 1. The molecule has 94 valence electrons. The maximum absolute atomic E-state index is 5.72. The van der Waals surface area contributed by atoms with Crippen LogP contribution in [0.15, 0.2) is 30.3 Å². The third-order valence-electron chi connectivity index (χ3n) is 2.39. The molecule has 0 radical (unpaired) electrons. The van der Waals surface area contributed by atoms with Crippen molar-refractivity contribution in [3.05, 3.63) is 41.7 Å². The zero-order valence-electron chi connectivity index (χ0n) is 10.5. The fourth-order valence-electron chi connectivity index (χ4n) is 1.56. The number of nitrogen functional groups attached to an aromatic ring is 1. The number of anilines is 3. The quantitative estimate of drug-likeness (QED) is 0.863. The van der Waals surface area contributed by atoms with Gasteiger partial charge in [0.25, 0.3) is 0 Å². The third kappa shape index (κ3) is 3.18. The predicted molar refractivity (Wildman–Crippen MR) is 71.6 cm³/mol. The highest BCUT2D eigenvalue weighted by Gasteiger charge is 2.03. The van der Waals surface area contributed by atoms with E-state index in [4.69, 9.17) is 10.5 Å². The van der Waals surface area contributed by atoms with Gasteiger partial charge in [0.1, 0.15) is 18.2 Å². The van der Waals surface area contributed by atoms with E-state index in [2.05, 4.69) is 15.3 Å². The maximum atomic E-state index is 5.72. The van der Waals surface area contributed by atoms with Crippen molar-refractivity contribution >= 4 is 17.3 Å². The predicted octanol–water partition coefficient (Wildman–Crippen LogP) is 2.26. The van der Waals surface area contributed by atoms with Crippen LogP contribution in [0.2, 0.25) is 0 Å². The number of rotatable bonds is 4. The van der Waals surface area contributed by atoms with E-state index in [0.29, 0.717) is 24.1 Å². The van der Waals surface area contributed by atoms with E-state index in [1.54, 1.807) is 13.2 Å². The van der Waals surface area contributed by atoms with Gasteiger partial charge in [0.05, 0.1) is 0 Å². The summed E-state index contributed by atoms with van der Waals surface area (Å²) in [5.41, 5.74) is 7.89. The van der Waals surface area contributed by atoms with E-state index in [0.717, 1.165) is 5.69 Å². The first-order chi connectivity index (χ1) is 8.67. The number of methoxy groups -OCH3 is 1. The Morgan fingerprint density at radius 1 is 1.22 bits per heavy atom. The van der Waals surface area contributed by atoms with Gasteiger partial charge in [0.15, 0.2) is 5.82 Å². The van der Waals surface area contributed by atoms with Gasteiger partial charge in [0, 0.05) is 18.9 Å². The summed E-state index contributed by atoms with van der Waals surface area (Å²) in [6, 6.07) is 9.73. The molecule has 0 aliphatic carbocycles. The molecule has 1 aromatic carbocycles. The number of ether oxygens (including phenoxy) is 1. The fraction of sp³-hybridized carbons (Fsp3) is 0.231. The van der Waals surface area contributed by atoms with Gasteiger partial charge < -0.3 is 15.8 Å². The number of nitrogens with two attached hydrogens (primary N) is 1. The lowest BCUT2D eigenvalue weighted by molar-refractivity contribution is 0.178. The van der Waals surface area contributed by atoms with Crippen LogP contribution in [-0.4, -0.2) is 17.1 Å². The first-order valence-corrected chi connectivity index (χ1v) is 5.63. The Hall–Kier alpha value is -2.14. The standard InChI is InChI=1S/C13H16N4O/c1-9-3-5-10(6-4-9)15-12-7-11(14)16-13(17-12)8-18-2/h3-7H,8H2,1-2H3,(H3,14,15,16,17). The highest BCUT2D eigenvalue weighted by atomic mass is 16.5. The fourth-order valence-corrected chi connectivity index (χ4v) is 1.56. The van der Waals surface area contributed by atoms with Crippen LogP contribution < -0.4 is 11.1 Å². The summed E-state index contributed by atoms with van der Waals surface area (Å²) in [6.07, 6.45) is 0. The number of nitrogens with zero attached hydrogens (tertiary/aromatic N) is 2. The molecule has 0 spiro atoms. The molecule has 1 aromatic heterocycles. The first-order valence-electron chi connectivity index (χ1n) is 5.63. The average molecular weight is 244 g/mol. The molecule has 2 aromatic rings. The Labute approximate surface area is 106 Å². The molecule has 0 unspecified atom stereocenters. The molecule has 0 atom stereocenters. The Morgan fingerprint density at radius 2 is 1.94 bits per heavy atom. The summed E-state index contributed by atoms with van der Waals surface area (Å²) < 4.78 is 5.00. The number of nitrogens with one attached hydrogen (secondary N) is 1. The van der Waals surface area contributed by atoms with E-state index in [-0.39, 0.29) is 0 Å². The molecule has 2 rings (SSSR count). The lowest BCUT2D eigenvalue weighted by Crippen LogP contribution is -2.04. The highest BCUT2D eigenvalue weighted by Crippen LogP contribution is 2.16. The lowest BCUT2D eigenvalue weighted by atomic mass is 10.2. The summed E-state index contributed by atoms with van der Waals surface area (Å²) in [5, 5.41) is 3.18. The van der Waals surface area contributed by atoms with Gasteiger partial charge in [-0.15, -0.1) is 0 Å². The molecular formula is C13H16N4O. The van der Waals surface area contributed by atoms with Crippen molar-refractivity contribution in [3.8, 4) is 0 Å². The molecule has 5 heteroatoms. The third-order valence-corrected chi connectivity index (χ3v) is 2.39. The molecule has 0 aliphatic heterocycles. The number of aromatic nitrogens is 2. The van der Waals surface area contributed by atoms with Gasteiger partial charge in [-0.3, -0.25) is 0 Å². The molecule has 3 N–H and O–H groups in total. The van der Waals surface area contributed by atoms with E-state index < -0.39 is 0 Å². The normalized spacial score (nSPS) is 10.3. The largest absolute Gasteiger partial charge is 0.384 e.